The molecule has 0 saturated carbocycles. The average molecular weight is 354 g/mol. The van der Waals surface area contributed by atoms with E-state index in [0.717, 1.165) is 16.9 Å². The number of imidazole rings is 1. The van der Waals surface area contributed by atoms with Gasteiger partial charge in [0.2, 0.25) is 5.91 Å². The molecular formula is C20H20ClN3O. The van der Waals surface area contributed by atoms with Crippen molar-refractivity contribution in [3.63, 3.8) is 0 Å². The molecule has 1 amide bonds. The Kier molecular flexibility index (Phi) is 5.19. The summed E-state index contributed by atoms with van der Waals surface area (Å²) in [6.45, 7) is 4.69. The maximum Gasteiger partial charge on any atom is 0.244 e. The average Bonchev–Trinajstić information content (AvgIpc) is 3.00. The van der Waals surface area contributed by atoms with Crippen molar-refractivity contribution in [2.24, 2.45) is 0 Å². The third kappa shape index (κ3) is 4.48. The summed E-state index contributed by atoms with van der Waals surface area (Å²) < 4.78 is 1.84. The molecule has 0 aliphatic heterocycles. The summed E-state index contributed by atoms with van der Waals surface area (Å²) in [5, 5.41) is 3.49. The fourth-order valence-electron chi connectivity index (χ4n) is 2.50. The highest BCUT2D eigenvalue weighted by Crippen LogP contribution is 2.15. The Hall–Kier alpha value is -2.59. The summed E-state index contributed by atoms with van der Waals surface area (Å²) in [6, 6.07) is 11.8. The van der Waals surface area contributed by atoms with Crippen LogP contribution in [0.15, 0.2) is 54.9 Å². The topological polar surface area (TPSA) is 46.4 Å². The first kappa shape index (κ1) is 17.2. The highest BCUT2D eigenvalue weighted by molar-refractivity contribution is 6.30. The predicted octanol–water partition coefficient (Wildman–Crippen LogP) is 4.44. The number of aromatic nitrogens is 2. The molecule has 0 radical (unpaired) electrons. The number of carbonyl (C=O) groups is 1. The molecule has 3 aromatic rings. The minimum atomic E-state index is -0.150. The summed E-state index contributed by atoms with van der Waals surface area (Å²) in [5.41, 5.74) is 3.87. The first-order valence-electron chi connectivity index (χ1n) is 8.20. The van der Waals surface area contributed by atoms with Crippen LogP contribution in [0.4, 0.5) is 0 Å². The highest BCUT2D eigenvalue weighted by Gasteiger charge is 2.03. The Labute approximate surface area is 152 Å². The van der Waals surface area contributed by atoms with E-state index in [4.69, 9.17) is 11.6 Å². The fourth-order valence-corrected chi connectivity index (χ4v) is 2.67. The number of nitrogens with one attached hydrogen (secondary N) is 1. The number of benzene rings is 1. The van der Waals surface area contributed by atoms with E-state index < -0.39 is 0 Å². The third-order valence-corrected chi connectivity index (χ3v) is 4.16. The van der Waals surface area contributed by atoms with Crippen molar-refractivity contribution in [3.05, 3.63) is 76.7 Å². The molecule has 0 saturated heterocycles. The molecule has 4 nitrogen and oxygen atoms in total. The first-order chi connectivity index (χ1) is 12.0. The Bertz CT molecular complexity index is 910. The minimum Gasteiger partial charge on any atom is -0.347 e. The van der Waals surface area contributed by atoms with Gasteiger partial charge in [0.1, 0.15) is 5.65 Å². The van der Waals surface area contributed by atoms with Gasteiger partial charge in [-0.2, -0.15) is 0 Å². The van der Waals surface area contributed by atoms with Gasteiger partial charge < -0.3 is 9.72 Å². The Balaban J connectivity index is 1.58. The highest BCUT2D eigenvalue weighted by atomic mass is 35.5. The molecule has 0 fully saturated rings. The number of fused-ring (bicyclic) bond motifs is 1. The van der Waals surface area contributed by atoms with Crippen LogP contribution in [0.1, 0.15) is 36.6 Å². The second kappa shape index (κ2) is 7.53. The molecule has 0 unspecified atom stereocenters. The minimum absolute atomic E-state index is 0.150. The molecule has 5 heteroatoms. The number of amides is 1. The molecule has 25 heavy (non-hydrogen) atoms. The maximum atomic E-state index is 12.0. The fraction of sp³-hybridized carbons (Fsp3) is 0.200. The SMILES string of the molecule is CC(C)c1ccc(/C=C/C(=O)NCc2cn3cc(Cl)ccc3n2)cc1. The van der Waals surface area contributed by atoms with Crippen LogP contribution in [-0.4, -0.2) is 15.3 Å². The van der Waals surface area contributed by atoms with Crippen LogP contribution in [0.5, 0.6) is 0 Å². The predicted molar refractivity (Wildman–Crippen MR) is 102 cm³/mol. The molecule has 0 atom stereocenters. The summed E-state index contributed by atoms with van der Waals surface area (Å²) in [6.07, 6.45) is 6.99. The molecular weight excluding hydrogens is 334 g/mol. The van der Waals surface area contributed by atoms with Crippen molar-refractivity contribution in [1.29, 1.82) is 0 Å². The van der Waals surface area contributed by atoms with Gasteiger partial charge in [-0.1, -0.05) is 49.7 Å². The third-order valence-electron chi connectivity index (χ3n) is 3.94. The van der Waals surface area contributed by atoms with Crippen molar-refractivity contribution in [1.82, 2.24) is 14.7 Å². The van der Waals surface area contributed by atoms with Gasteiger partial charge in [0.25, 0.3) is 0 Å². The van der Waals surface area contributed by atoms with Crippen LogP contribution in [-0.2, 0) is 11.3 Å². The zero-order valence-corrected chi connectivity index (χ0v) is 15.0. The van der Waals surface area contributed by atoms with Gasteiger partial charge in [0.15, 0.2) is 0 Å². The summed E-state index contributed by atoms with van der Waals surface area (Å²) >= 11 is 5.95. The van der Waals surface area contributed by atoms with E-state index in [1.165, 1.54) is 11.6 Å². The van der Waals surface area contributed by atoms with Crippen LogP contribution in [0.2, 0.25) is 5.02 Å². The zero-order valence-electron chi connectivity index (χ0n) is 14.2. The van der Waals surface area contributed by atoms with Crippen LogP contribution in [0.25, 0.3) is 11.7 Å². The van der Waals surface area contributed by atoms with Crippen LogP contribution >= 0.6 is 11.6 Å². The van der Waals surface area contributed by atoms with Gasteiger partial charge in [-0.3, -0.25) is 4.79 Å². The van der Waals surface area contributed by atoms with E-state index in [1.54, 1.807) is 12.3 Å². The van der Waals surface area contributed by atoms with Gasteiger partial charge >= 0.3 is 0 Å². The van der Waals surface area contributed by atoms with Crippen molar-refractivity contribution in [3.8, 4) is 0 Å². The van der Waals surface area contributed by atoms with Crippen molar-refractivity contribution >= 4 is 29.2 Å². The molecule has 0 aliphatic rings. The standard InChI is InChI=1S/C20H20ClN3O/c1-14(2)16-6-3-15(4-7-16)5-10-20(25)22-11-18-13-24-12-17(21)8-9-19(24)23-18/h3-10,12-14H,11H2,1-2H3,(H,22,25)/b10-5+. The lowest BCUT2D eigenvalue weighted by atomic mass is 10.0. The van der Waals surface area contributed by atoms with E-state index in [2.05, 4.69) is 36.3 Å². The number of pyridine rings is 1. The number of rotatable bonds is 5. The van der Waals surface area contributed by atoms with Crippen molar-refractivity contribution in [2.75, 3.05) is 0 Å². The molecule has 3 rings (SSSR count). The van der Waals surface area contributed by atoms with Crippen molar-refractivity contribution in [2.45, 2.75) is 26.3 Å². The van der Waals surface area contributed by atoms with E-state index in [9.17, 15) is 4.79 Å². The molecule has 128 valence electrons. The van der Waals surface area contributed by atoms with E-state index >= 15 is 0 Å². The Morgan fingerprint density at radius 1 is 1.20 bits per heavy atom. The molecule has 0 aliphatic carbocycles. The number of halogens is 1. The van der Waals surface area contributed by atoms with E-state index in [-0.39, 0.29) is 5.91 Å². The zero-order chi connectivity index (χ0) is 17.8. The van der Waals surface area contributed by atoms with Gasteiger partial charge in [-0.05, 0) is 35.3 Å². The largest absolute Gasteiger partial charge is 0.347 e. The van der Waals surface area contributed by atoms with Crippen LogP contribution in [0.3, 0.4) is 0 Å². The van der Waals surface area contributed by atoms with Gasteiger partial charge in [0.05, 0.1) is 17.3 Å². The quantitative estimate of drug-likeness (QED) is 0.689. The Morgan fingerprint density at radius 3 is 2.68 bits per heavy atom. The number of carbonyl (C=O) groups excluding carboxylic acids is 1. The van der Waals surface area contributed by atoms with Gasteiger partial charge in [-0.25, -0.2) is 4.98 Å². The summed E-state index contributed by atoms with van der Waals surface area (Å²) in [4.78, 5) is 16.4. The lowest BCUT2D eigenvalue weighted by Crippen LogP contribution is -2.20. The first-order valence-corrected chi connectivity index (χ1v) is 8.58. The molecule has 1 N–H and O–H groups in total. The van der Waals surface area contributed by atoms with Crippen LogP contribution < -0.4 is 5.32 Å². The second-order valence-electron chi connectivity index (χ2n) is 6.22. The second-order valence-corrected chi connectivity index (χ2v) is 6.65. The van der Waals surface area contributed by atoms with Crippen molar-refractivity contribution < 1.29 is 4.79 Å². The van der Waals surface area contributed by atoms with E-state index in [1.807, 2.05) is 34.9 Å². The number of hydrogen-bond acceptors (Lipinski definition) is 2. The summed E-state index contributed by atoms with van der Waals surface area (Å²) in [7, 11) is 0. The normalized spacial score (nSPS) is 11.5. The molecule has 0 bridgehead atoms. The Morgan fingerprint density at radius 2 is 1.96 bits per heavy atom. The number of hydrogen-bond donors (Lipinski definition) is 1. The van der Waals surface area contributed by atoms with Crippen LogP contribution in [0, 0.1) is 0 Å². The molecule has 1 aromatic carbocycles. The molecule has 2 heterocycles. The number of nitrogens with zero attached hydrogens (tertiary/aromatic N) is 2. The monoisotopic (exact) mass is 353 g/mol. The van der Waals surface area contributed by atoms with E-state index in [0.29, 0.717) is 17.5 Å². The maximum absolute atomic E-state index is 12.0. The lowest BCUT2D eigenvalue weighted by molar-refractivity contribution is -0.116. The lowest BCUT2D eigenvalue weighted by Gasteiger charge is -2.04. The van der Waals surface area contributed by atoms with Gasteiger partial charge in [0, 0.05) is 18.5 Å². The summed E-state index contributed by atoms with van der Waals surface area (Å²) in [5.74, 6) is 0.352. The molecule has 0 spiro atoms. The molecule has 2 aromatic heterocycles. The smallest absolute Gasteiger partial charge is 0.244 e. The van der Waals surface area contributed by atoms with Gasteiger partial charge in [-0.15, -0.1) is 0 Å².